The molecule has 0 spiro atoms. The summed E-state index contributed by atoms with van der Waals surface area (Å²) >= 11 is 0. The minimum absolute atomic E-state index is 0.516. The van der Waals surface area contributed by atoms with Crippen molar-refractivity contribution in [3.63, 3.8) is 0 Å². The molecule has 92 valence electrons. The number of carbonyl (C=O) groups is 1. The maximum absolute atomic E-state index is 10.9. The SMILES string of the molecule is Cc1nc2nc(CCc3ccco3)[nH]n2c1C=O. The summed E-state index contributed by atoms with van der Waals surface area (Å²) < 4.78 is 6.87. The van der Waals surface area contributed by atoms with Gasteiger partial charge >= 0.3 is 0 Å². The van der Waals surface area contributed by atoms with Crippen LogP contribution in [0.3, 0.4) is 0 Å². The summed E-state index contributed by atoms with van der Waals surface area (Å²) in [4.78, 5) is 19.5. The summed E-state index contributed by atoms with van der Waals surface area (Å²) in [6.45, 7) is 1.79. The molecule has 0 aromatic carbocycles. The van der Waals surface area contributed by atoms with Crippen molar-refractivity contribution in [3.05, 3.63) is 41.4 Å². The largest absolute Gasteiger partial charge is 0.469 e. The van der Waals surface area contributed by atoms with Crippen molar-refractivity contribution < 1.29 is 9.21 Å². The van der Waals surface area contributed by atoms with E-state index in [1.165, 1.54) is 0 Å². The van der Waals surface area contributed by atoms with Gasteiger partial charge in [-0.15, -0.1) is 0 Å². The van der Waals surface area contributed by atoms with E-state index in [9.17, 15) is 4.79 Å². The highest BCUT2D eigenvalue weighted by atomic mass is 16.3. The molecule has 3 aromatic rings. The van der Waals surface area contributed by atoms with Gasteiger partial charge in [0.15, 0.2) is 6.29 Å². The van der Waals surface area contributed by atoms with Gasteiger partial charge in [-0.05, 0) is 19.1 Å². The Morgan fingerprint density at radius 3 is 3.06 bits per heavy atom. The summed E-state index contributed by atoms with van der Waals surface area (Å²) in [5, 5.41) is 3.07. The smallest absolute Gasteiger partial charge is 0.251 e. The number of furan rings is 1. The summed E-state index contributed by atoms with van der Waals surface area (Å²) in [6.07, 6.45) is 3.91. The Balaban J connectivity index is 1.85. The first-order valence-electron chi connectivity index (χ1n) is 5.69. The second-order valence-corrected chi connectivity index (χ2v) is 4.09. The minimum atomic E-state index is 0.516. The quantitative estimate of drug-likeness (QED) is 0.706. The normalized spacial score (nSPS) is 11.2. The topological polar surface area (TPSA) is 76.2 Å². The standard InChI is InChI=1S/C12H12N4O2/c1-8-10(7-17)16-12(13-8)14-11(15-16)5-4-9-3-2-6-18-9/h2-3,6-7H,4-5H2,1H3,(H,13,14,15). The number of aromatic nitrogens is 4. The van der Waals surface area contributed by atoms with E-state index < -0.39 is 0 Å². The summed E-state index contributed by atoms with van der Waals surface area (Å²) in [5.41, 5.74) is 1.20. The first-order valence-corrected chi connectivity index (χ1v) is 5.69. The number of hydrogen-bond acceptors (Lipinski definition) is 4. The molecular formula is C12H12N4O2. The Morgan fingerprint density at radius 2 is 2.33 bits per heavy atom. The highest BCUT2D eigenvalue weighted by Crippen LogP contribution is 2.10. The maximum atomic E-state index is 10.9. The van der Waals surface area contributed by atoms with E-state index in [-0.39, 0.29) is 0 Å². The monoisotopic (exact) mass is 244 g/mol. The first-order chi connectivity index (χ1) is 8.78. The van der Waals surface area contributed by atoms with Gasteiger partial charge in [0.25, 0.3) is 5.78 Å². The molecule has 0 aliphatic heterocycles. The number of hydrogen-bond donors (Lipinski definition) is 1. The van der Waals surface area contributed by atoms with Crippen LogP contribution in [0.25, 0.3) is 5.78 Å². The molecule has 0 aliphatic carbocycles. The number of fused-ring (bicyclic) bond motifs is 1. The van der Waals surface area contributed by atoms with Crippen molar-refractivity contribution >= 4 is 12.1 Å². The molecule has 0 atom stereocenters. The summed E-state index contributed by atoms with van der Waals surface area (Å²) in [5.74, 6) is 2.23. The number of aromatic amines is 1. The van der Waals surface area contributed by atoms with Gasteiger partial charge in [0.2, 0.25) is 0 Å². The fraction of sp³-hybridized carbons (Fsp3) is 0.250. The molecule has 6 nitrogen and oxygen atoms in total. The van der Waals surface area contributed by atoms with E-state index in [2.05, 4.69) is 15.1 Å². The van der Waals surface area contributed by atoms with Gasteiger partial charge in [-0.2, -0.15) is 4.98 Å². The highest BCUT2D eigenvalue weighted by Gasteiger charge is 2.12. The zero-order chi connectivity index (χ0) is 12.5. The van der Waals surface area contributed by atoms with E-state index in [4.69, 9.17) is 4.42 Å². The molecule has 0 aliphatic rings. The van der Waals surface area contributed by atoms with Gasteiger partial charge in [0.1, 0.15) is 17.3 Å². The molecule has 3 aromatic heterocycles. The van der Waals surface area contributed by atoms with Crippen molar-refractivity contribution in [2.75, 3.05) is 0 Å². The summed E-state index contributed by atoms with van der Waals surface area (Å²) in [7, 11) is 0. The molecule has 3 rings (SSSR count). The average Bonchev–Trinajstić information content (AvgIpc) is 3.01. The van der Waals surface area contributed by atoms with Crippen LogP contribution in [0.2, 0.25) is 0 Å². The van der Waals surface area contributed by atoms with Gasteiger partial charge in [0.05, 0.1) is 12.0 Å². The van der Waals surface area contributed by atoms with Crippen LogP contribution in [0, 0.1) is 6.92 Å². The predicted octanol–water partition coefficient (Wildman–Crippen LogP) is 1.56. The summed E-state index contributed by atoms with van der Waals surface area (Å²) in [6, 6.07) is 3.78. The first kappa shape index (κ1) is 10.8. The van der Waals surface area contributed by atoms with Crippen LogP contribution < -0.4 is 0 Å². The maximum Gasteiger partial charge on any atom is 0.251 e. The van der Waals surface area contributed by atoms with Crippen LogP contribution in [0.4, 0.5) is 0 Å². The third-order valence-electron chi connectivity index (χ3n) is 2.86. The van der Waals surface area contributed by atoms with E-state index in [0.29, 0.717) is 23.6 Å². The number of carbonyl (C=O) groups excluding carboxylic acids is 1. The number of aldehydes is 1. The third-order valence-corrected chi connectivity index (χ3v) is 2.86. The Hall–Kier alpha value is -2.37. The second-order valence-electron chi connectivity index (χ2n) is 4.09. The van der Waals surface area contributed by atoms with E-state index in [0.717, 1.165) is 24.3 Å². The molecule has 0 amide bonds. The van der Waals surface area contributed by atoms with Crippen molar-refractivity contribution in [1.29, 1.82) is 0 Å². The molecule has 0 unspecified atom stereocenters. The molecular weight excluding hydrogens is 232 g/mol. The number of H-pyrrole nitrogens is 1. The zero-order valence-electron chi connectivity index (χ0n) is 9.88. The number of nitrogens with one attached hydrogen (secondary N) is 1. The predicted molar refractivity (Wildman–Crippen MR) is 63.6 cm³/mol. The lowest BCUT2D eigenvalue weighted by atomic mass is 10.2. The highest BCUT2D eigenvalue weighted by molar-refractivity contribution is 5.75. The molecule has 0 saturated carbocycles. The van der Waals surface area contributed by atoms with Gasteiger partial charge in [-0.1, -0.05) is 0 Å². The lowest BCUT2D eigenvalue weighted by Crippen LogP contribution is -1.97. The zero-order valence-corrected chi connectivity index (χ0v) is 9.88. The van der Waals surface area contributed by atoms with Crippen molar-refractivity contribution in [3.8, 4) is 0 Å². The van der Waals surface area contributed by atoms with E-state index in [1.807, 2.05) is 12.1 Å². The van der Waals surface area contributed by atoms with Crippen LogP contribution in [0.1, 0.15) is 27.8 Å². The second kappa shape index (κ2) is 4.14. The molecule has 6 heteroatoms. The van der Waals surface area contributed by atoms with Gasteiger partial charge in [-0.25, -0.2) is 9.50 Å². The molecule has 0 radical (unpaired) electrons. The van der Waals surface area contributed by atoms with Crippen LogP contribution >= 0.6 is 0 Å². The average molecular weight is 244 g/mol. The van der Waals surface area contributed by atoms with Crippen molar-refractivity contribution in [1.82, 2.24) is 19.6 Å². The molecule has 18 heavy (non-hydrogen) atoms. The van der Waals surface area contributed by atoms with E-state index >= 15 is 0 Å². The Bertz CT molecular complexity index is 678. The third kappa shape index (κ3) is 1.71. The van der Waals surface area contributed by atoms with E-state index in [1.54, 1.807) is 17.7 Å². The molecule has 0 fully saturated rings. The lowest BCUT2D eigenvalue weighted by Gasteiger charge is -1.94. The number of aryl methyl sites for hydroxylation is 3. The lowest BCUT2D eigenvalue weighted by molar-refractivity contribution is 0.111. The van der Waals surface area contributed by atoms with Gasteiger partial charge in [0, 0.05) is 12.8 Å². The Morgan fingerprint density at radius 1 is 1.44 bits per heavy atom. The fourth-order valence-corrected chi connectivity index (χ4v) is 1.93. The Kier molecular flexibility index (Phi) is 2.47. The minimum Gasteiger partial charge on any atom is -0.469 e. The van der Waals surface area contributed by atoms with Crippen LogP contribution in [-0.4, -0.2) is 25.9 Å². The van der Waals surface area contributed by atoms with Crippen LogP contribution in [0.15, 0.2) is 22.8 Å². The number of imidazole rings is 1. The molecule has 0 bridgehead atoms. The fourth-order valence-electron chi connectivity index (χ4n) is 1.93. The Labute approximate surface area is 103 Å². The number of rotatable bonds is 4. The number of nitrogens with zero attached hydrogens (tertiary/aromatic N) is 3. The van der Waals surface area contributed by atoms with Gasteiger partial charge in [-0.3, -0.25) is 9.89 Å². The van der Waals surface area contributed by atoms with Crippen LogP contribution in [0.5, 0.6) is 0 Å². The molecule has 3 heterocycles. The van der Waals surface area contributed by atoms with Gasteiger partial charge < -0.3 is 4.42 Å². The van der Waals surface area contributed by atoms with Crippen molar-refractivity contribution in [2.24, 2.45) is 0 Å². The molecule has 1 N–H and O–H groups in total. The van der Waals surface area contributed by atoms with Crippen LogP contribution in [-0.2, 0) is 12.8 Å². The van der Waals surface area contributed by atoms with Crippen molar-refractivity contribution in [2.45, 2.75) is 19.8 Å². The molecule has 0 saturated heterocycles.